The Balaban J connectivity index is 2.22. The molecule has 0 aliphatic rings. The van der Waals surface area contributed by atoms with Crippen molar-refractivity contribution in [2.75, 3.05) is 5.32 Å². The van der Waals surface area contributed by atoms with Gasteiger partial charge in [-0.1, -0.05) is 12.1 Å². The molecule has 0 aromatic heterocycles. The molecular weight excluding hydrogens is 409 g/mol. The Bertz CT molecular complexity index is 601. The topological polar surface area (TPSA) is 49.3 Å². The number of benzene rings is 2. The highest BCUT2D eigenvalue weighted by Crippen LogP contribution is 2.25. The van der Waals surface area contributed by atoms with Crippen molar-refractivity contribution in [2.24, 2.45) is 0 Å². The van der Waals surface area contributed by atoms with E-state index >= 15 is 0 Å². The molecule has 18 heavy (non-hydrogen) atoms. The van der Waals surface area contributed by atoms with Crippen molar-refractivity contribution in [3.05, 3.63) is 56.1 Å². The molecule has 0 saturated carbocycles. The number of para-hydroxylation sites is 1. The van der Waals surface area contributed by atoms with E-state index in [4.69, 9.17) is 0 Å². The van der Waals surface area contributed by atoms with Gasteiger partial charge in [-0.15, -0.1) is 0 Å². The van der Waals surface area contributed by atoms with Crippen LogP contribution in [0.4, 0.5) is 5.69 Å². The van der Waals surface area contributed by atoms with Crippen LogP contribution in [0.5, 0.6) is 5.75 Å². The molecule has 2 aromatic carbocycles. The summed E-state index contributed by atoms with van der Waals surface area (Å²) in [6.45, 7) is 0. The highest BCUT2D eigenvalue weighted by molar-refractivity contribution is 14.1. The number of phenols is 1. The fourth-order valence-electron chi connectivity index (χ4n) is 1.41. The lowest BCUT2D eigenvalue weighted by Crippen LogP contribution is -2.12. The summed E-state index contributed by atoms with van der Waals surface area (Å²) in [5.41, 5.74) is 1.17. The summed E-state index contributed by atoms with van der Waals surface area (Å²) in [6, 6.07) is 12.2. The third kappa shape index (κ3) is 3.02. The summed E-state index contributed by atoms with van der Waals surface area (Å²) in [4.78, 5) is 12.0. The molecule has 2 N–H and O–H groups in total. The fraction of sp³-hybridized carbons (Fsp3) is 0. The number of carbonyl (C=O) groups is 1. The number of nitrogens with one attached hydrogen (secondary N) is 1. The first-order valence-electron chi connectivity index (χ1n) is 5.12. The predicted octanol–water partition coefficient (Wildman–Crippen LogP) is 4.01. The van der Waals surface area contributed by atoms with Crippen LogP contribution < -0.4 is 5.32 Å². The first-order valence-corrected chi connectivity index (χ1v) is 6.99. The molecule has 0 unspecified atom stereocenters. The molecule has 0 radical (unpaired) electrons. The highest BCUT2D eigenvalue weighted by atomic mass is 127. The van der Waals surface area contributed by atoms with Gasteiger partial charge in [0.05, 0.1) is 10.2 Å². The second-order valence-electron chi connectivity index (χ2n) is 3.60. The van der Waals surface area contributed by atoms with Crippen molar-refractivity contribution in [2.45, 2.75) is 0 Å². The molecule has 5 heteroatoms. The van der Waals surface area contributed by atoms with Crippen molar-refractivity contribution in [1.29, 1.82) is 0 Å². The maximum Gasteiger partial charge on any atom is 0.255 e. The first-order chi connectivity index (χ1) is 8.58. The molecule has 92 valence electrons. The van der Waals surface area contributed by atoms with Crippen LogP contribution in [0, 0.1) is 3.57 Å². The Morgan fingerprint density at radius 1 is 1.22 bits per heavy atom. The molecular formula is C13H9BrINO2. The fourth-order valence-corrected chi connectivity index (χ4v) is 2.18. The molecule has 1 amide bonds. The number of anilines is 1. The lowest BCUT2D eigenvalue weighted by Gasteiger charge is -2.07. The average Bonchev–Trinajstić information content (AvgIpc) is 2.35. The van der Waals surface area contributed by atoms with E-state index in [0.29, 0.717) is 10.0 Å². The van der Waals surface area contributed by atoms with E-state index in [9.17, 15) is 9.90 Å². The van der Waals surface area contributed by atoms with Gasteiger partial charge in [-0.25, -0.2) is 0 Å². The number of hydrogen-bond acceptors (Lipinski definition) is 2. The van der Waals surface area contributed by atoms with E-state index in [1.54, 1.807) is 12.1 Å². The molecule has 0 aliphatic heterocycles. The van der Waals surface area contributed by atoms with Crippen molar-refractivity contribution in [3.8, 4) is 5.75 Å². The highest BCUT2D eigenvalue weighted by Gasteiger charge is 2.09. The minimum absolute atomic E-state index is 0.0467. The molecule has 0 spiro atoms. The monoisotopic (exact) mass is 417 g/mol. The van der Waals surface area contributed by atoms with E-state index in [1.807, 2.05) is 24.3 Å². The van der Waals surface area contributed by atoms with E-state index in [-0.39, 0.29) is 11.7 Å². The van der Waals surface area contributed by atoms with Crippen LogP contribution in [-0.4, -0.2) is 11.0 Å². The molecule has 0 saturated heterocycles. The van der Waals surface area contributed by atoms with Crippen molar-refractivity contribution < 1.29 is 9.90 Å². The Labute approximate surface area is 126 Å². The number of amides is 1. The minimum atomic E-state index is -0.248. The number of rotatable bonds is 2. The van der Waals surface area contributed by atoms with Gasteiger partial charge in [0.2, 0.25) is 0 Å². The number of phenolic OH excluding ortho intramolecular Hbond substituents is 1. The van der Waals surface area contributed by atoms with Crippen LogP contribution in [-0.2, 0) is 0 Å². The number of carbonyl (C=O) groups excluding carboxylic acids is 1. The zero-order valence-electron chi connectivity index (χ0n) is 9.15. The van der Waals surface area contributed by atoms with E-state index in [1.165, 1.54) is 6.07 Å². The van der Waals surface area contributed by atoms with Gasteiger partial charge in [0, 0.05) is 9.13 Å². The zero-order chi connectivity index (χ0) is 13.1. The minimum Gasteiger partial charge on any atom is -0.507 e. The average molecular weight is 418 g/mol. The quantitative estimate of drug-likeness (QED) is 0.725. The Morgan fingerprint density at radius 3 is 2.61 bits per heavy atom. The molecule has 0 heterocycles. The third-order valence-corrected chi connectivity index (χ3v) is 3.94. The first kappa shape index (κ1) is 13.4. The number of aromatic hydroxyl groups is 1. The van der Waals surface area contributed by atoms with Crippen molar-refractivity contribution >= 4 is 50.1 Å². The SMILES string of the molecule is O=C(Nc1ccccc1I)c1ccc(Br)c(O)c1. The normalized spacial score (nSPS) is 10.1. The molecule has 2 rings (SSSR count). The van der Waals surface area contributed by atoms with Crippen LogP contribution >= 0.6 is 38.5 Å². The van der Waals surface area contributed by atoms with Gasteiger partial charge >= 0.3 is 0 Å². The maximum absolute atomic E-state index is 12.0. The molecule has 3 nitrogen and oxygen atoms in total. The van der Waals surface area contributed by atoms with Gasteiger partial charge < -0.3 is 10.4 Å². The number of hydrogen-bond donors (Lipinski definition) is 2. The van der Waals surface area contributed by atoms with Gasteiger partial charge in [-0.3, -0.25) is 4.79 Å². The molecule has 0 bridgehead atoms. The van der Waals surface area contributed by atoms with Crippen LogP contribution in [0.3, 0.4) is 0 Å². The van der Waals surface area contributed by atoms with Crippen LogP contribution in [0.1, 0.15) is 10.4 Å². The van der Waals surface area contributed by atoms with Gasteiger partial charge in [-0.05, 0) is 68.9 Å². The smallest absolute Gasteiger partial charge is 0.255 e. The Kier molecular flexibility index (Phi) is 4.23. The number of halogens is 2. The Hall–Kier alpha value is -1.08. The molecule has 2 aromatic rings. The van der Waals surface area contributed by atoms with Gasteiger partial charge in [0.15, 0.2) is 0 Å². The predicted molar refractivity (Wildman–Crippen MR) is 82.9 cm³/mol. The summed E-state index contributed by atoms with van der Waals surface area (Å²) in [5.74, 6) is -0.202. The van der Waals surface area contributed by atoms with E-state index in [2.05, 4.69) is 43.8 Å². The van der Waals surface area contributed by atoms with E-state index < -0.39 is 0 Å². The second kappa shape index (κ2) is 5.71. The second-order valence-corrected chi connectivity index (χ2v) is 5.62. The van der Waals surface area contributed by atoms with E-state index in [0.717, 1.165) is 9.26 Å². The zero-order valence-corrected chi connectivity index (χ0v) is 12.9. The van der Waals surface area contributed by atoms with Gasteiger partial charge in [0.1, 0.15) is 5.75 Å². The molecule has 0 aliphatic carbocycles. The third-order valence-electron chi connectivity index (χ3n) is 2.33. The summed E-state index contributed by atoms with van der Waals surface area (Å²) in [6.07, 6.45) is 0. The largest absolute Gasteiger partial charge is 0.507 e. The maximum atomic E-state index is 12.0. The van der Waals surface area contributed by atoms with Crippen molar-refractivity contribution in [1.82, 2.24) is 0 Å². The lowest BCUT2D eigenvalue weighted by molar-refractivity contribution is 0.102. The summed E-state index contributed by atoms with van der Waals surface area (Å²) < 4.78 is 1.53. The molecule has 0 atom stereocenters. The summed E-state index contributed by atoms with van der Waals surface area (Å²) >= 11 is 5.33. The molecule has 0 fully saturated rings. The van der Waals surface area contributed by atoms with Crippen LogP contribution in [0.2, 0.25) is 0 Å². The van der Waals surface area contributed by atoms with Gasteiger partial charge in [-0.2, -0.15) is 0 Å². The summed E-state index contributed by atoms with van der Waals surface area (Å²) in [5, 5.41) is 12.3. The lowest BCUT2D eigenvalue weighted by atomic mass is 10.2. The van der Waals surface area contributed by atoms with Crippen LogP contribution in [0.25, 0.3) is 0 Å². The van der Waals surface area contributed by atoms with Crippen LogP contribution in [0.15, 0.2) is 46.9 Å². The van der Waals surface area contributed by atoms with Gasteiger partial charge in [0.25, 0.3) is 5.91 Å². The van der Waals surface area contributed by atoms with Crippen molar-refractivity contribution in [3.63, 3.8) is 0 Å². The summed E-state index contributed by atoms with van der Waals surface area (Å²) in [7, 11) is 0. The standard InChI is InChI=1S/C13H9BrINO2/c14-9-6-5-8(7-12(9)17)13(18)16-11-4-2-1-3-10(11)15/h1-7,17H,(H,16,18). The Morgan fingerprint density at radius 2 is 1.94 bits per heavy atom.